The Morgan fingerprint density at radius 3 is 2.83 bits per heavy atom. The van der Waals surface area contributed by atoms with Crippen LogP contribution in [0.2, 0.25) is 0 Å². The number of rotatable bonds is 8. The molecule has 9 nitrogen and oxygen atoms in total. The van der Waals surface area contributed by atoms with Crippen LogP contribution in [0.15, 0.2) is 48.1 Å². The Kier molecular flexibility index (Phi) is 7.80. The predicted octanol–water partition coefficient (Wildman–Crippen LogP) is 4.38. The van der Waals surface area contributed by atoms with Crippen molar-refractivity contribution in [1.82, 2.24) is 25.1 Å². The maximum absolute atomic E-state index is 13.7. The standard InChI is InChI=1S/C29H36N8OS2/c1-19-15-21(5-9-31-19)26-23-16-22(3-4-25(23)34-35-26)33-27(38)29(39-2)8-13-36(18-29)17-24(30)20-6-11-37(12-7-20)28-32-10-14-40-28/h3-5,9-10,14-16,20,24H,6-8,11-13,17-18,30H2,1-2H3,(H,33,38)(H,34,35)/t24?,29-/m0/s1. The minimum Gasteiger partial charge on any atom is -0.348 e. The fraction of sp³-hybridized carbons (Fsp3) is 0.448. The van der Waals surface area contributed by atoms with Crippen LogP contribution in [0.3, 0.4) is 0 Å². The second kappa shape index (κ2) is 11.5. The third-order valence-corrected chi connectivity index (χ3v) is 10.5. The first-order valence-electron chi connectivity index (χ1n) is 13.8. The second-order valence-electron chi connectivity index (χ2n) is 11.0. The lowest BCUT2D eigenvalue weighted by Gasteiger charge is -2.36. The molecule has 2 fully saturated rings. The van der Waals surface area contributed by atoms with E-state index in [1.807, 2.05) is 55.1 Å². The second-order valence-corrected chi connectivity index (χ2v) is 13.0. The zero-order valence-electron chi connectivity index (χ0n) is 23.0. The molecule has 1 amide bonds. The number of anilines is 2. The van der Waals surface area contributed by atoms with Crippen LogP contribution >= 0.6 is 23.1 Å². The van der Waals surface area contributed by atoms with Crippen LogP contribution in [0.1, 0.15) is 25.0 Å². The average molecular weight is 577 g/mol. The van der Waals surface area contributed by atoms with Gasteiger partial charge in [0, 0.05) is 78.9 Å². The molecule has 3 aromatic heterocycles. The quantitative estimate of drug-likeness (QED) is 0.283. The summed E-state index contributed by atoms with van der Waals surface area (Å²) in [5.41, 5.74) is 11.2. The van der Waals surface area contributed by atoms with Gasteiger partial charge >= 0.3 is 0 Å². The van der Waals surface area contributed by atoms with Gasteiger partial charge in [0.2, 0.25) is 5.91 Å². The Morgan fingerprint density at radius 2 is 2.08 bits per heavy atom. The maximum atomic E-state index is 13.7. The van der Waals surface area contributed by atoms with Gasteiger partial charge in [-0.2, -0.15) is 5.10 Å². The molecule has 4 N–H and O–H groups in total. The lowest BCUT2D eigenvalue weighted by molar-refractivity contribution is -0.118. The van der Waals surface area contributed by atoms with Crippen molar-refractivity contribution in [3.05, 3.63) is 53.8 Å². The van der Waals surface area contributed by atoms with Crippen molar-refractivity contribution < 1.29 is 4.79 Å². The van der Waals surface area contributed by atoms with Gasteiger partial charge in [-0.05, 0) is 68.7 Å². The summed E-state index contributed by atoms with van der Waals surface area (Å²) in [4.78, 5) is 27.2. The molecule has 0 bridgehead atoms. The van der Waals surface area contributed by atoms with Crippen molar-refractivity contribution >= 4 is 50.7 Å². The normalized spacial score (nSPS) is 21.2. The molecule has 2 aliphatic heterocycles. The summed E-state index contributed by atoms with van der Waals surface area (Å²) in [6.07, 6.45) is 8.68. The monoisotopic (exact) mass is 576 g/mol. The first-order chi connectivity index (χ1) is 19.4. The maximum Gasteiger partial charge on any atom is 0.241 e. The molecule has 210 valence electrons. The molecule has 0 aliphatic carbocycles. The molecule has 5 heterocycles. The first-order valence-corrected chi connectivity index (χ1v) is 15.9. The summed E-state index contributed by atoms with van der Waals surface area (Å²) in [6.45, 7) is 6.40. The Labute approximate surface area is 242 Å². The highest BCUT2D eigenvalue weighted by molar-refractivity contribution is 8.00. The van der Waals surface area contributed by atoms with Crippen LogP contribution in [0.4, 0.5) is 10.8 Å². The molecule has 11 heteroatoms. The van der Waals surface area contributed by atoms with Gasteiger partial charge in [-0.3, -0.25) is 19.8 Å². The van der Waals surface area contributed by atoms with E-state index in [1.165, 1.54) is 0 Å². The fourth-order valence-electron chi connectivity index (χ4n) is 6.05. The van der Waals surface area contributed by atoms with Gasteiger partial charge in [0.25, 0.3) is 0 Å². The van der Waals surface area contributed by atoms with Crippen molar-refractivity contribution in [2.75, 3.05) is 49.2 Å². The van der Waals surface area contributed by atoms with E-state index in [0.29, 0.717) is 12.5 Å². The number of piperidine rings is 1. The smallest absolute Gasteiger partial charge is 0.241 e. The van der Waals surface area contributed by atoms with Gasteiger partial charge in [-0.1, -0.05) is 0 Å². The molecule has 4 aromatic rings. The fourth-order valence-corrected chi connectivity index (χ4v) is 7.59. The van der Waals surface area contributed by atoms with Crippen LogP contribution < -0.4 is 16.0 Å². The topological polar surface area (TPSA) is 116 Å². The van der Waals surface area contributed by atoms with Gasteiger partial charge in [-0.25, -0.2) is 4.98 Å². The van der Waals surface area contributed by atoms with Crippen LogP contribution in [-0.2, 0) is 4.79 Å². The molecular weight excluding hydrogens is 541 g/mol. The number of hydrogen-bond acceptors (Lipinski definition) is 9. The van der Waals surface area contributed by atoms with E-state index in [1.54, 1.807) is 29.3 Å². The number of thioether (sulfide) groups is 1. The number of nitrogens with zero attached hydrogens (tertiary/aromatic N) is 5. The van der Waals surface area contributed by atoms with E-state index in [2.05, 4.69) is 35.3 Å². The summed E-state index contributed by atoms with van der Waals surface area (Å²) in [7, 11) is 0. The average Bonchev–Trinajstić information content (AvgIpc) is 3.73. The Balaban J connectivity index is 1.09. The summed E-state index contributed by atoms with van der Waals surface area (Å²) in [5, 5.41) is 15.0. The summed E-state index contributed by atoms with van der Waals surface area (Å²) in [5.74, 6) is 0.548. The number of carbonyl (C=O) groups excluding carboxylic acids is 1. The van der Waals surface area contributed by atoms with Crippen LogP contribution in [0.25, 0.3) is 22.2 Å². The summed E-state index contributed by atoms with van der Waals surface area (Å²) < 4.78 is -0.496. The molecule has 6 rings (SSSR count). The molecule has 2 aliphatic rings. The largest absolute Gasteiger partial charge is 0.348 e. The Hall–Kier alpha value is -2.99. The van der Waals surface area contributed by atoms with Crippen molar-refractivity contribution in [2.45, 2.75) is 37.0 Å². The lowest BCUT2D eigenvalue weighted by atomic mass is 9.90. The van der Waals surface area contributed by atoms with Crippen molar-refractivity contribution in [3.63, 3.8) is 0 Å². The number of amides is 1. The number of nitrogens with two attached hydrogens (primary N) is 1. The number of likely N-dealkylation sites (tertiary alicyclic amines) is 1. The number of aromatic nitrogens is 4. The van der Waals surface area contributed by atoms with Crippen LogP contribution in [0.5, 0.6) is 0 Å². The molecule has 1 aromatic carbocycles. The minimum absolute atomic E-state index is 0.0528. The molecule has 0 saturated carbocycles. The van der Waals surface area contributed by atoms with Crippen LogP contribution in [-0.4, -0.2) is 80.7 Å². The Morgan fingerprint density at radius 1 is 1.23 bits per heavy atom. The number of pyridine rings is 1. The van der Waals surface area contributed by atoms with E-state index >= 15 is 0 Å². The summed E-state index contributed by atoms with van der Waals surface area (Å²) >= 11 is 3.35. The lowest BCUT2D eigenvalue weighted by Crippen LogP contribution is -2.48. The van der Waals surface area contributed by atoms with Gasteiger partial charge < -0.3 is 16.0 Å². The zero-order valence-corrected chi connectivity index (χ0v) is 24.6. The van der Waals surface area contributed by atoms with Crippen LogP contribution in [0, 0.1) is 12.8 Å². The SMILES string of the molecule is CS[C@@]1(C(=O)Nc2ccc3[nH]nc(-c4ccnc(C)c4)c3c2)CCN(CC(N)C2CCN(c3nccs3)CC2)C1. The molecule has 2 atom stereocenters. The number of aromatic amines is 1. The third kappa shape index (κ3) is 5.47. The number of thiazole rings is 1. The van der Waals surface area contributed by atoms with Gasteiger partial charge in [-0.15, -0.1) is 23.1 Å². The number of hydrogen-bond donors (Lipinski definition) is 3. The minimum atomic E-state index is -0.496. The van der Waals surface area contributed by atoms with E-state index in [9.17, 15) is 4.79 Å². The van der Waals surface area contributed by atoms with E-state index < -0.39 is 4.75 Å². The van der Waals surface area contributed by atoms with Crippen molar-refractivity contribution in [1.29, 1.82) is 0 Å². The van der Waals surface area contributed by atoms with Crippen molar-refractivity contribution in [3.8, 4) is 11.3 Å². The molecule has 2 saturated heterocycles. The zero-order chi connectivity index (χ0) is 27.7. The highest BCUT2D eigenvalue weighted by Crippen LogP contribution is 2.36. The third-order valence-electron chi connectivity index (χ3n) is 8.41. The number of fused-ring (bicyclic) bond motifs is 1. The number of carbonyl (C=O) groups is 1. The predicted molar refractivity (Wildman–Crippen MR) is 165 cm³/mol. The molecule has 0 radical (unpaired) electrons. The summed E-state index contributed by atoms with van der Waals surface area (Å²) in [6, 6.07) is 10.0. The Bertz CT molecular complexity index is 1470. The van der Waals surface area contributed by atoms with Gasteiger partial charge in [0.1, 0.15) is 10.4 Å². The number of H-pyrrole nitrogens is 1. The number of nitrogens with one attached hydrogen (secondary N) is 2. The number of aryl methyl sites for hydroxylation is 1. The molecule has 0 spiro atoms. The molecule has 40 heavy (non-hydrogen) atoms. The van der Waals surface area contributed by atoms with E-state index in [0.717, 1.165) is 84.1 Å². The highest BCUT2D eigenvalue weighted by Gasteiger charge is 2.44. The molecular formula is C29H36N8OS2. The van der Waals surface area contributed by atoms with E-state index in [4.69, 9.17) is 5.73 Å². The van der Waals surface area contributed by atoms with Gasteiger partial charge in [0.15, 0.2) is 5.13 Å². The molecule has 1 unspecified atom stereocenters. The number of benzene rings is 1. The highest BCUT2D eigenvalue weighted by atomic mass is 32.2. The first kappa shape index (κ1) is 27.2. The van der Waals surface area contributed by atoms with E-state index in [-0.39, 0.29) is 11.9 Å². The van der Waals surface area contributed by atoms with Crippen molar-refractivity contribution in [2.24, 2.45) is 11.7 Å². The van der Waals surface area contributed by atoms with Gasteiger partial charge in [0.05, 0.1) is 5.52 Å².